The molecule has 2 aromatic rings. The predicted molar refractivity (Wildman–Crippen MR) is 78.2 cm³/mol. The van der Waals surface area contributed by atoms with E-state index >= 15 is 0 Å². The first kappa shape index (κ1) is 15.9. The summed E-state index contributed by atoms with van der Waals surface area (Å²) < 4.78 is 30.2. The Hall–Kier alpha value is -1.53. The third kappa shape index (κ3) is 3.57. The smallest absolute Gasteiger partial charge is 0.363 e. The number of fused-ring (bicyclic) bond motifs is 1. The summed E-state index contributed by atoms with van der Waals surface area (Å²) in [6.45, 7) is 3.52. The van der Waals surface area contributed by atoms with Crippen LogP contribution in [0.15, 0.2) is 36.9 Å². The molecule has 0 aliphatic rings. The Morgan fingerprint density at radius 2 is 2.19 bits per heavy atom. The number of halogens is 1. The number of ether oxygens (including phenoxy) is 1. The maximum atomic E-state index is 13.6. The molecule has 1 atom stereocenters. The van der Waals surface area contributed by atoms with Crippen LogP contribution in [0.5, 0.6) is 0 Å². The number of rotatable bonds is 5. The van der Waals surface area contributed by atoms with Crippen LogP contribution in [0, 0.1) is 0 Å². The monoisotopic (exact) mass is 330 g/mol. The van der Waals surface area contributed by atoms with Gasteiger partial charge in [-0.05, 0) is 29.1 Å². The average molecular weight is 330 g/mol. The molecule has 2 rings (SSSR count). The minimum Gasteiger partial charge on any atom is -0.457 e. The van der Waals surface area contributed by atoms with Crippen LogP contribution in [0.4, 0.5) is 4.39 Å². The normalized spacial score (nSPS) is 13.1. The Bertz CT molecular complexity index is 735. The maximum Gasteiger partial charge on any atom is 0.363 e. The van der Waals surface area contributed by atoms with E-state index in [0.717, 1.165) is 11.3 Å². The fourth-order valence-electron chi connectivity index (χ4n) is 1.71. The third-order valence-electron chi connectivity index (χ3n) is 2.64. The zero-order chi connectivity index (χ0) is 15.6. The third-order valence-corrected chi connectivity index (χ3v) is 4.63. The first-order valence-corrected chi connectivity index (χ1v) is 8.33. The van der Waals surface area contributed by atoms with E-state index in [1.54, 1.807) is 0 Å². The number of carbonyl (C=O) groups excluding carboxylic acids is 1. The lowest BCUT2D eigenvalue weighted by molar-refractivity contribution is 0.0555. The van der Waals surface area contributed by atoms with Gasteiger partial charge in [-0.25, -0.2) is 9.18 Å². The Morgan fingerprint density at radius 1 is 1.48 bits per heavy atom. The summed E-state index contributed by atoms with van der Waals surface area (Å²) in [6, 6.07) is 5.63. The summed E-state index contributed by atoms with van der Waals surface area (Å²) in [6.07, 6.45) is 1.44. The SMILES string of the molecule is C=CCOC(=O)c1cc2cc(C(F)P(=O)(O)O)ccc2s1. The highest BCUT2D eigenvalue weighted by atomic mass is 32.1. The second-order valence-electron chi connectivity index (χ2n) is 4.22. The zero-order valence-corrected chi connectivity index (χ0v) is 12.4. The van der Waals surface area contributed by atoms with Gasteiger partial charge in [0, 0.05) is 4.70 Å². The standard InChI is InChI=1S/C13H12FO5PS/c1-2-5-19-13(15)11-7-9-6-8(3-4-10(9)21-11)12(14)20(16,17)18/h2-4,6-7,12H,1,5H2,(H2,16,17,18). The summed E-state index contributed by atoms with van der Waals surface area (Å²) in [5, 5.41) is 0.527. The van der Waals surface area contributed by atoms with E-state index in [4.69, 9.17) is 14.5 Å². The van der Waals surface area contributed by atoms with Crippen LogP contribution in [0.3, 0.4) is 0 Å². The molecule has 0 aliphatic carbocycles. The van der Waals surface area contributed by atoms with Gasteiger partial charge in [-0.2, -0.15) is 0 Å². The summed E-state index contributed by atoms with van der Waals surface area (Å²) in [7, 11) is -4.85. The van der Waals surface area contributed by atoms with Crippen molar-refractivity contribution in [3.63, 3.8) is 0 Å². The molecule has 0 spiro atoms. The van der Waals surface area contributed by atoms with E-state index in [0.29, 0.717) is 15.0 Å². The largest absolute Gasteiger partial charge is 0.457 e. The molecule has 21 heavy (non-hydrogen) atoms. The van der Waals surface area contributed by atoms with E-state index in [9.17, 15) is 13.8 Å². The van der Waals surface area contributed by atoms with Gasteiger partial charge in [0.25, 0.3) is 0 Å². The molecular formula is C13H12FO5PS. The number of carbonyl (C=O) groups is 1. The number of esters is 1. The fraction of sp³-hybridized carbons (Fsp3) is 0.154. The molecule has 1 aromatic heterocycles. The first-order chi connectivity index (χ1) is 9.82. The molecule has 0 bridgehead atoms. The Kier molecular flexibility index (Phi) is 4.58. The quantitative estimate of drug-likeness (QED) is 0.499. The molecule has 0 radical (unpaired) electrons. The molecule has 1 heterocycles. The lowest BCUT2D eigenvalue weighted by Crippen LogP contribution is -2.02. The lowest BCUT2D eigenvalue weighted by Gasteiger charge is -2.09. The molecule has 5 nitrogen and oxygen atoms in total. The Morgan fingerprint density at radius 3 is 2.81 bits per heavy atom. The van der Waals surface area contributed by atoms with Crippen LogP contribution in [0.1, 0.15) is 21.1 Å². The number of hydrogen-bond acceptors (Lipinski definition) is 4. The molecule has 1 unspecified atom stereocenters. The second-order valence-corrected chi connectivity index (χ2v) is 6.94. The summed E-state index contributed by atoms with van der Waals surface area (Å²) >= 11 is 1.16. The predicted octanol–water partition coefficient (Wildman–Crippen LogP) is 3.39. The van der Waals surface area contributed by atoms with Gasteiger partial charge in [-0.15, -0.1) is 11.3 Å². The minimum absolute atomic E-state index is 0.0864. The van der Waals surface area contributed by atoms with Gasteiger partial charge in [0.15, 0.2) is 0 Å². The number of alkyl halides is 1. The molecule has 0 fully saturated rings. The van der Waals surface area contributed by atoms with E-state index in [2.05, 4.69) is 6.58 Å². The molecule has 112 valence electrons. The van der Waals surface area contributed by atoms with E-state index < -0.39 is 19.5 Å². The molecule has 0 saturated carbocycles. The molecule has 8 heteroatoms. The number of benzene rings is 1. The average Bonchev–Trinajstić information content (AvgIpc) is 2.85. The van der Waals surface area contributed by atoms with Crippen molar-refractivity contribution in [1.29, 1.82) is 0 Å². The summed E-state index contributed by atoms with van der Waals surface area (Å²) in [4.78, 5) is 29.7. The van der Waals surface area contributed by atoms with Gasteiger partial charge in [-0.1, -0.05) is 18.7 Å². The highest BCUT2D eigenvalue weighted by Gasteiger charge is 2.30. The van der Waals surface area contributed by atoms with Crippen molar-refractivity contribution < 1.29 is 28.3 Å². The van der Waals surface area contributed by atoms with Crippen LogP contribution in [0.25, 0.3) is 10.1 Å². The van der Waals surface area contributed by atoms with Gasteiger partial charge >= 0.3 is 13.6 Å². The van der Waals surface area contributed by atoms with Gasteiger partial charge in [-0.3, -0.25) is 4.57 Å². The van der Waals surface area contributed by atoms with Gasteiger partial charge in [0.05, 0.1) is 0 Å². The topological polar surface area (TPSA) is 83.8 Å². The Balaban J connectivity index is 2.34. The first-order valence-electron chi connectivity index (χ1n) is 5.83. The van der Waals surface area contributed by atoms with Crippen molar-refractivity contribution >= 4 is 35.0 Å². The molecule has 0 saturated heterocycles. The van der Waals surface area contributed by atoms with Crippen molar-refractivity contribution in [3.8, 4) is 0 Å². The van der Waals surface area contributed by atoms with E-state index in [-0.39, 0.29) is 12.2 Å². The van der Waals surface area contributed by atoms with Crippen molar-refractivity contribution in [3.05, 3.63) is 47.4 Å². The van der Waals surface area contributed by atoms with Crippen molar-refractivity contribution in [2.45, 2.75) is 5.91 Å². The van der Waals surface area contributed by atoms with Crippen LogP contribution in [0.2, 0.25) is 0 Å². The minimum atomic E-state index is -4.85. The lowest BCUT2D eigenvalue weighted by atomic mass is 10.2. The molecule has 2 N–H and O–H groups in total. The Labute approximate surface area is 123 Å². The van der Waals surface area contributed by atoms with Crippen molar-refractivity contribution in [2.75, 3.05) is 6.61 Å². The zero-order valence-electron chi connectivity index (χ0n) is 10.7. The van der Waals surface area contributed by atoms with Gasteiger partial charge < -0.3 is 14.5 Å². The van der Waals surface area contributed by atoms with Crippen LogP contribution < -0.4 is 0 Å². The van der Waals surface area contributed by atoms with Gasteiger partial charge in [0.1, 0.15) is 11.5 Å². The molecular weight excluding hydrogens is 318 g/mol. The molecule has 0 aliphatic heterocycles. The highest BCUT2D eigenvalue weighted by Crippen LogP contribution is 2.53. The van der Waals surface area contributed by atoms with Gasteiger partial charge in [0.2, 0.25) is 5.91 Å². The van der Waals surface area contributed by atoms with Crippen LogP contribution >= 0.6 is 18.9 Å². The number of thiophene rings is 1. The maximum absolute atomic E-state index is 13.6. The van der Waals surface area contributed by atoms with E-state index in [1.807, 2.05) is 0 Å². The fourth-order valence-corrected chi connectivity index (χ4v) is 3.20. The van der Waals surface area contributed by atoms with Crippen LogP contribution in [-0.4, -0.2) is 22.4 Å². The van der Waals surface area contributed by atoms with E-state index in [1.165, 1.54) is 30.3 Å². The van der Waals surface area contributed by atoms with Crippen molar-refractivity contribution in [2.24, 2.45) is 0 Å². The number of hydrogen-bond donors (Lipinski definition) is 2. The second kappa shape index (κ2) is 6.07. The van der Waals surface area contributed by atoms with Crippen molar-refractivity contribution in [1.82, 2.24) is 0 Å². The summed E-state index contributed by atoms with van der Waals surface area (Å²) in [5.41, 5.74) is -0.125. The molecule has 0 amide bonds. The summed E-state index contributed by atoms with van der Waals surface area (Å²) in [5.74, 6) is -2.90. The molecule has 1 aromatic carbocycles. The highest BCUT2D eigenvalue weighted by molar-refractivity contribution is 7.51. The van der Waals surface area contributed by atoms with Crippen LogP contribution in [-0.2, 0) is 9.30 Å².